The molecule has 8 heteroatoms. The number of anilines is 2. The van der Waals surface area contributed by atoms with Gasteiger partial charge in [-0.05, 0) is 12.1 Å². The number of aromatic amines is 1. The lowest BCUT2D eigenvalue weighted by Gasteiger charge is -2.37. The lowest BCUT2D eigenvalue weighted by molar-refractivity contribution is 0.0571. The van der Waals surface area contributed by atoms with E-state index in [1.807, 2.05) is 24.3 Å². The molecule has 0 bridgehead atoms. The van der Waals surface area contributed by atoms with Crippen LogP contribution in [0.15, 0.2) is 35.1 Å². The number of nitrogens with two attached hydrogens (primary N) is 1. The zero-order valence-electron chi connectivity index (χ0n) is 13.9. The number of H-pyrrole nitrogens is 1. The molecule has 1 aromatic carbocycles. The highest BCUT2D eigenvalue weighted by Gasteiger charge is 2.25. The van der Waals surface area contributed by atoms with E-state index >= 15 is 0 Å². The molecule has 4 rings (SSSR count). The van der Waals surface area contributed by atoms with Crippen LogP contribution in [-0.2, 0) is 0 Å². The zero-order valence-corrected chi connectivity index (χ0v) is 13.9. The van der Waals surface area contributed by atoms with Gasteiger partial charge in [0, 0.05) is 38.8 Å². The van der Waals surface area contributed by atoms with Gasteiger partial charge in [0.25, 0.3) is 5.56 Å². The lowest BCUT2D eigenvalue weighted by atomic mass is 10.2. The summed E-state index contributed by atoms with van der Waals surface area (Å²) in [6.45, 7) is 4.70. The number of nitrogens with one attached hydrogen (secondary N) is 1. The van der Waals surface area contributed by atoms with Crippen LogP contribution in [0.25, 0.3) is 0 Å². The number of rotatable bonds is 3. The first-order valence-corrected chi connectivity index (χ1v) is 8.40. The topological polar surface area (TPSA) is 96.7 Å². The molecule has 25 heavy (non-hydrogen) atoms. The highest BCUT2D eigenvalue weighted by Crippen LogP contribution is 2.31. The Bertz CT molecular complexity index is 801. The van der Waals surface area contributed by atoms with Gasteiger partial charge in [-0.3, -0.25) is 14.7 Å². The van der Waals surface area contributed by atoms with Crippen molar-refractivity contribution in [3.63, 3.8) is 0 Å². The van der Waals surface area contributed by atoms with Crippen molar-refractivity contribution in [2.75, 3.05) is 50.0 Å². The van der Waals surface area contributed by atoms with Crippen molar-refractivity contribution in [2.24, 2.45) is 0 Å². The Kier molecular flexibility index (Phi) is 4.19. The van der Waals surface area contributed by atoms with Crippen LogP contribution in [0.2, 0.25) is 0 Å². The SMILES string of the molecule is Nc1nc(N2CCN(C[C@@H]3COc4ccccc4O3)CC2)cc(=O)[nH]1. The highest BCUT2D eigenvalue weighted by molar-refractivity contribution is 5.42. The summed E-state index contributed by atoms with van der Waals surface area (Å²) < 4.78 is 11.8. The van der Waals surface area contributed by atoms with Crippen molar-refractivity contribution in [1.29, 1.82) is 0 Å². The van der Waals surface area contributed by atoms with Crippen molar-refractivity contribution < 1.29 is 9.47 Å². The average molecular weight is 343 g/mol. The van der Waals surface area contributed by atoms with Gasteiger partial charge in [0.2, 0.25) is 5.95 Å². The van der Waals surface area contributed by atoms with Crippen LogP contribution in [0.5, 0.6) is 11.5 Å². The normalized spacial score (nSPS) is 20.5. The maximum absolute atomic E-state index is 11.5. The molecule has 2 aliphatic heterocycles. The van der Waals surface area contributed by atoms with E-state index in [0.717, 1.165) is 44.2 Å². The third-order valence-corrected chi connectivity index (χ3v) is 4.47. The van der Waals surface area contributed by atoms with Gasteiger partial charge in [-0.15, -0.1) is 0 Å². The van der Waals surface area contributed by atoms with Crippen molar-refractivity contribution in [1.82, 2.24) is 14.9 Å². The number of hydrogen-bond donors (Lipinski definition) is 2. The van der Waals surface area contributed by atoms with Crippen LogP contribution in [-0.4, -0.2) is 60.3 Å². The van der Waals surface area contributed by atoms with Gasteiger partial charge < -0.3 is 20.1 Å². The highest BCUT2D eigenvalue weighted by atomic mass is 16.6. The summed E-state index contributed by atoms with van der Waals surface area (Å²) >= 11 is 0. The Morgan fingerprint density at radius 2 is 1.96 bits per heavy atom. The van der Waals surface area contributed by atoms with E-state index in [4.69, 9.17) is 15.2 Å². The molecular weight excluding hydrogens is 322 g/mol. The van der Waals surface area contributed by atoms with Crippen LogP contribution in [0.4, 0.5) is 11.8 Å². The number of aromatic nitrogens is 2. The maximum Gasteiger partial charge on any atom is 0.254 e. The molecule has 1 atom stereocenters. The summed E-state index contributed by atoms with van der Waals surface area (Å²) in [6.07, 6.45) is 0.0230. The fraction of sp³-hybridized carbons (Fsp3) is 0.412. The lowest BCUT2D eigenvalue weighted by Crippen LogP contribution is -2.51. The summed E-state index contributed by atoms with van der Waals surface area (Å²) in [5.41, 5.74) is 5.40. The Balaban J connectivity index is 1.33. The number of para-hydroxylation sites is 2. The molecule has 0 saturated carbocycles. The van der Waals surface area contributed by atoms with Crippen molar-refractivity contribution in [3.05, 3.63) is 40.7 Å². The molecule has 1 saturated heterocycles. The zero-order chi connectivity index (χ0) is 17.2. The quantitative estimate of drug-likeness (QED) is 0.828. The van der Waals surface area contributed by atoms with Gasteiger partial charge >= 0.3 is 0 Å². The summed E-state index contributed by atoms with van der Waals surface area (Å²) in [6, 6.07) is 9.23. The second kappa shape index (κ2) is 6.64. The third kappa shape index (κ3) is 3.53. The molecule has 3 heterocycles. The number of nitrogens with zero attached hydrogens (tertiary/aromatic N) is 3. The molecule has 3 N–H and O–H groups in total. The van der Waals surface area contributed by atoms with Gasteiger partial charge in [0.05, 0.1) is 0 Å². The standard InChI is InChI=1S/C17H21N5O3/c18-17-19-15(9-16(23)20-17)22-7-5-21(6-8-22)10-12-11-24-13-3-1-2-4-14(13)25-12/h1-4,9,12H,5-8,10-11H2,(H3,18,19,20,23)/t12-/m1/s1. The number of hydrogen-bond acceptors (Lipinski definition) is 7. The Morgan fingerprint density at radius 3 is 2.72 bits per heavy atom. The van der Waals surface area contributed by atoms with Crippen molar-refractivity contribution in [3.8, 4) is 11.5 Å². The average Bonchev–Trinajstić information content (AvgIpc) is 2.61. The smallest absolute Gasteiger partial charge is 0.254 e. The number of ether oxygens (including phenoxy) is 2. The molecule has 2 aromatic rings. The van der Waals surface area contributed by atoms with E-state index < -0.39 is 0 Å². The predicted octanol–water partition coefficient (Wildman–Crippen LogP) is 0.314. The number of nitrogen functional groups attached to an aromatic ring is 1. The minimum atomic E-state index is -0.226. The monoisotopic (exact) mass is 343 g/mol. The second-order valence-corrected chi connectivity index (χ2v) is 6.27. The molecule has 0 radical (unpaired) electrons. The van der Waals surface area contributed by atoms with Gasteiger partial charge in [-0.2, -0.15) is 4.98 Å². The molecule has 0 amide bonds. The van der Waals surface area contributed by atoms with E-state index in [0.29, 0.717) is 12.4 Å². The molecule has 132 valence electrons. The van der Waals surface area contributed by atoms with E-state index in [1.54, 1.807) is 0 Å². The Hall–Kier alpha value is -2.74. The third-order valence-electron chi connectivity index (χ3n) is 4.47. The fourth-order valence-electron chi connectivity index (χ4n) is 3.23. The molecule has 0 spiro atoms. The fourth-order valence-corrected chi connectivity index (χ4v) is 3.23. The maximum atomic E-state index is 11.5. The molecule has 1 fully saturated rings. The van der Waals surface area contributed by atoms with Crippen LogP contribution < -0.4 is 25.7 Å². The van der Waals surface area contributed by atoms with Crippen LogP contribution in [0.1, 0.15) is 0 Å². The van der Waals surface area contributed by atoms with Gasteiger partial charge in [0.15, 0.2) is 11.5 Å². The second-order valence-electron chi connectivity index (χ2n) is 6.27. The molecule has 0 aliphatic carbocycles. The Morgan fingerprint density at radius 1 is 1.20 bits per heavy atom. The minimum Gasteiger partial charge on any atom is -0.486 e. The largest absolute Gasteiger partial charge is 0.486 e. The molecular formula is C17H21N5O3. The molecule has 0 unspecified atom stereocenters. The van der Waals surface area contributed by atoms with Gasteiger partial charge in [0.1, 0.15) is 18.5 Å². The molecule has 8 nitrogen and oxygen atoms in total. The van der Waals surface area contributed by atoms with Crippen molar-refractivity contribution in [2.45, 2.75) is 6.10 Å². The van der Waals surface area contributed by atoms with E-state index in [1.165, 1.54) is 6.07 Å². The first kappa shape index (κ1) is 15.8. The first-order valence-electron chi connectivity index (χ1n) is 8.40. The summed E-state index contributed by atoms with van der Waals surface area (Å²) in [5.74, 6) is 2.39. The molecule has 1 aromatic heterocycles. The first-order chi connectivity index (χ1) is 12.2. The number of benzene rings is 1. The van der Waals surface area contributed by atoms with E-state index in [9.17, 15) is 4.79 Å². The predicted molar refractivity (Wildman–Crippen MR) is 94.3 cm³/mol. The molecule has 2 aliphatic rings. The van der Waals surface area contributed by atoms with Gasteiger partial charge in [-0.25, -0.2) is 0 Å². The van der Waals surface area contributed by atoms with Gasteiger partial charge in [-0.1, -0.05) is 12.1 Å². The minimum absolute atomic E-state index is 0.0230. The van der Waals surface area contributed by atoms with Crippen LogP contribution >= 0.6 is 0 Å². The number of fused-ring (bicyclic) bond motifs is 1. The summed E-state index contributed by atoms with van der Waals surface area (Å²) in [4.78, 5) is 22.6. The van der Waals surface area contributed by atoms with Crippen molar-refractivity contribution >= 4 is 11.8 Å². The van der Waals surface area contributed by atoms with E-state index in [2.05, 4.69) is 19.8 Å². The van der Waals surface area contributed by atoms with E-state index in [-0.39, 0.29) is 17.6 Å². The van der Waals surface area contributed by atoms with Crippen LogP contribution in [0, 0.1) is 0 Å². The summed E-state index contributed by atoms with van der Waals surface area (Å²) in [7, 11) is 0. The number of piperazine rings is 1. The summed E-state index contributed by atoms with van der Waals surface area (Å²) in [5, 5.41) is 0. The Labute approximate surface area is 145 Å². The van der Waals surface area contributed by atoms with Crippen LogP contribution in [0.3, 0.4) is 0 Å².